The lowest BCUT2D eigenvalue weighted by Gasteiger charge is -2.07. The minimum atomic E-state index is -1.08. The lowest BCUT2D eigenvalue weighted by Crippen LogP contribution is -2.37. The average molecular weight is 669 g/mol. The molecule has 0 radical (unpaired) electrons. The summed E-state index contributed by atoms with van der Waals surface area (Å²) in [4.78, 5) is 49.0. The molecule has 1 amide bonds. The number of carbonyl (C=O) groups excluding carboxylic acids is 1. The summed E-state index contributed by atoms with van der Waals surface area (Å²) in [6.45, 7) is 9.72. The zero-order valence-corrected chi connectivity index (χ0v) is 27.9. The van der Waals surface area contributed by atoms with Gasteiger partial charge in [0.1, 0.15) is 12.2 Å². The number of fused-ring (bicyclic) bond motifs is 1. The molecule has 0 bridgehead atoms. The van der Waals surface area contributed by atoms with E-state index in [4.69, 9.17) is 28.8 Å². The summed E-state index contributed by atoms with van der Waals surface area (Å²) < 4.78 is 32.3. The lowest BCUT2D eigenvalue weighted by molar-refractivity contribution is -0.137. The summed E-state index contributed by atoms with van der Waals surface area (Å²) in [5, 5.41) is 19.4. The maximum atomic E-state index is 11.9. The number of ether oxygens (including phenoxy) is 5. The molecule has 18 heteroatoms. The van der Waals surface area contributed by atoms with Gasteiger partial charge in [0, 0.05) is 34.1 Å². The quantitative estimate of drug-likeness (QED) is 0.131. The molecule has 0 spiro atoms. The van der Waals surface area contributed by atoms with Crippen molar-refractivity contribution < 1.29 is 38.4 Å². The normalized spacial score (nSPS) is 11.2. The smallest absolute Gasteiger partial charge is 0.332 e. The number of carboxylic acids is 1. The fourth-order valence-electron chi connectivity index (χ4n) is 3.91. The highest BCUT2D eigenvalue weighted by Gasteiger charge is 2.15. The Balaban J connectivity index is 0.000000378. The predicted molar refractivity (Wildman–Crippen MR) is 169 cm³/mol. The van der Waals surface area contributed by atoms with Crippen LogP contribution in [-0.4, -0.2) is 117 Å². The van der Waals surface area contributed by atoms with E-state index in [1.165, 1.54) is 29.6 Å². The highest BCUT2D eigenvalue weighted by atomic mass is 16.6. The minimum absolute atomic E-state index is 0.0281. The van der Waals surface area contributed by atoms with Gasteiger partial charge in [-0.3, -0.25) is 28.2 Å². The van der Waals surface area contributed by atoms with Gasteiger partial charge in [-0.25, -0.2) is 9.78 Å². The molecule has 0 saturated carbocycles. The third kappa shape index (κ3) is 14.6. The van der Waals surface area contributed by atoms with Crippen LogP contribution in [0.15, 0.2) is 22.1 Å². The summed E-state index contributed by atoms with van der Waals surface area (Å²) in [5.41, 5.74) is 0.0696. The van der Waals surface area contributed by atoms with Crippen molar-refractivity contribution in [2.45, 2.75) is 46.4 Å². The zero-order valence-electron chi connectivity index (χ0n) is 27.9. The first kappa shape index (κ1) is 39.2. The number of aliphatic carboxylic acids is 1. The van der Waals surface area contributed by atoms with E-state index in [0.29, 0.717) is 78.4 Å². The van der Waals surface area contributed by atoms with E-state index in [0.717, 1.165) is 23.2 Å². The van der Waals surface area contributed by atoms with Gasteiger partial charge in [0.2, 0.25) is 5.91 Å². The highest BCUT2D eigenvalue weighted by Crippen LogP contribution is 2.05. The van der Waals surface area contributed by atoms with Crippen LogP contribution in [0.5, 0.6) is 0 Å². The number of hydrogen-bond acceptors (Lipinski definition) is 12. The molecule has 0 aliphatic heterocycles. The summed E-state index contributed by atoms with van der Waals surface area (Å²) in [7, 11) is 4.42. The van der Waals surface area contributed by atoms with Crippen LogP contribution in [0.3, 0.4) is 0 Å². The highest BCUT2D eigenvalue weighted by molar-refractivity contribution is 5.75. The van der Waals surface area contributed by atoms with Gasteiger partial charge in [-0.2, -0.15) is 0 Å². The Morgan fingerprint density at radius 2 is 1.47 bits per heavy atom. The second-order valence-electron chi connectivity index (χ2n) is 10.7. The van der Waals surface area contributed by atoms with E-state index >= 15 is 0 Å². The maximum absolute atomic E-state index is 11.9. The monoisotopic (exact) mass is 668 g/mol. The van der Waals surface area contributed by atoms with Crippen LogP contribution < -0.4 is 16.6 Å². The van der Waals surface area contributed by atoms with E-state index in [1.54, 1.807) is 7.05 Å². The molecular weight excluding hydrogens is 620 g/mol. The minimum Gasteiger partial charge on any atom is -0.480 e. The number of imidazole rings is 1. The Morgan fingerprint density at radius 1 is 0.894 bits per heavy atom. The molecule has 3 aromatic heterocycles. The molecular formula is C29H48N8O10. The maximum Gasteiger partial charge on any atom is 0.332 e. The molecule has 3 heterocycles. The van der Waals surface area contributed by atoms with Gasteiger partial charge in [-0.1, -0.05) is 19.1 Å². The van der Waals surface area contributed by atoms with Crippen molar-refractivity contribution >= 4 is 23.0 Å². The number of rotatable bonds is 22. The molecule has 47 heavy (non-hydrogen) atoms. The number of carboxylic acid groups (broad SMARTS) is 1. The number of aromatic nitrogens is 7. The van der Waals surface area contributed by atoms with Gasteiger partial charge in [0.25, 0.3) is 5.56 Å². The van der Waals surface area contributed by atoms with Gasteiger partial charge < -0.3 is 38.7 Å². The van der Waals surface area contributed by atoms with Crippen molar-refractivity contribution in [3.8, 4) is 0 Å². The van der Waals surface area contributed by atoms with Crippen LogP contribution in [0.25, 0.3) is 11.2 Å². The van der Waals surface area contributed by atoms with Gasteiger partial charge in [-0.15, -0.1) is 5.10 Å². The second-order valence-corrected chi connectivity index (χ2v) is 10.7. The first-order valence-electron chi connectivity index (χ1n) is 15.4. The first-order chi connectivity index (χ1) is 22.5. The molecule has 18 nitrogen and oxygen atoms in total. The van der Waals surface area contributed by atoms with Crippen LogP contribution in [-0.2, 0) is 67.1 Å². The van der Waals surface area contributed by atoms with E-state index in [2.05, 4.69) is 34.5 Å². The molecule has 3 aromatic rings. The first-order valence-corrected chi connectivity index (χ1v) is 15.4. The summed E-state index contributed by atoms with van der Waals surface area (Å²) in [6.07, 6.45) is 4.61. The van der Waals surface area contributed by atoms with E-state index in [1.807, 2.05) is 10.9 Å². The Hall–Kier alpha value is -3.97. The summed E-state index contributed by atoms with van der Waals surface area (Å²) >= 11 is 0. The fourth-order valence-corrected chi connectivity index (χ4v) is 3.91. The molecule has 2 N–H and O–H groups in total. The summed E-state index contributed by atoms with van der Waals surface area (Å²) in [5.74, 6) is -0.464. The molecule has 0 aromatic carbocycles. The van der Waals surface area contributed by atoms with Crippen molar-refractivity contribution in [2.24, 2.45) is 20.0 Å². The van der Waals surface area contributed by atoms with E-state index in [-0.39, 0.29) is 23.6 Å². The molecule has 0 aliphatic rings. The number of amides is 1. The van der Waals surface area contributed by atoms with Gasteiger partial charge >= 0.3 is 11.7 Å². The van der Waals surface area contributed by atoms with Crippen LogP contribution in [0.1, 0.15) is 32.4 Å². The van der Waals surface area contributed by atoms with Crippen LogP contribution in [0, 0.1) is 5.92 Å². The molecule has 0 atom stereocenters. The molecule has 0 aliphatic carbocycles. The third-order valence-electron chi connectivity index (χ3n) is 6.53. The zero-order chi connectivity index (χ0) is 34.6. The largest absolute Gasteiger partial charge is 0.480 e. The number of hydrogen-bond donors (Lipinski definition) is 2. The van der Waals surface area contributed by atoms with Crippen LogP contribution >= 0.6 is 0 Å². The predicted octanol–water partition coefficient (Wildman–Crippen LogP) is -0.438. The summed E-state index contributed by atoms with van der Waals surface area (Å²) in [6, 6.07) is 0. The second kappa shape index (κ2) is 21.8. The Morgan fingerprint density at radius 3 is 2.02 bits per heavy atom. The number of nitrogens with one attached hydrogen (secondary N) is 1. The Kier molecular flexibility index (Phi) is 18.1. The average Bonchev–Trinajstić information content (AvgIpc) is 3.68. The fraction of sp³-hybridized carbons (Fsp3) is 0.690. The molecule has 0 fully saturated rings. The van der Waals surface area contributed by atoms with Crippen molar-refractivity contribution in [2.75, 3.05) is 66.5 Å². The number of nitrogens with zero attached hydrogens (tertiary/aromatic N) is 7. The van der Waals surface area contributed by atoms with Crippen LogP contribution in [0.2, 0.25) is 0 Å². The van der Waals surface area contributed by atoms with E-state index in [9.17, 15) is 19.2 Å². The Bertz CT molecular complexity index is 1480. The molecule has 3 rings (SSSR count). The van der Waals surface area contributed by atoms with Crippen molar-refractivity contribution in [1.82, 2.24) is 39.0 Å². The SMILES string of the molecule is CNC(=O)CCOCCOCCOCCOCCOCc1cn(CCC(C)C)nn1.Cn1c(=O)c2c(ncn2CC(=O)O)n(C)c1=O. The topological polar surface area (TPSA) is 205 Å². The Labute approximate surface area is 272 Å². The van der Waals surface area contributed by atoms with Crippen molar-refractivity contribution in [3.63, 3.8) is 0 Å². The standard InChI is InChI=1S/C20H38N4O6.C9H10N4O4/c1-18(2)4-6-24-16-19(22-23-24)17-30-15-14-29-13-12-28-11-10-27-9-8-26-7-5-20(25)21-3;1-11-7-6(8(16)12(2)9(11)17)13(4-10-7)3-5(14)15/h16,18H,4-15,17H2,1-3H3,(H,21,25);4H,3H2,1-2H3,(H,14,15). The van der Waals surface area contributed by atoms with Crippen molar-refractivity contribution in [3.05, 3.63) is 39.1 Å². The van der Waals surface area contributed by atoms with Crippen LogP contribution in [0.4, 0.5) is 0 Å². The number of carbonyl (C=O) groups is 2. The molecule has 0 unspecified atom stereocenters. The van der Waals surface area contributed by atoms with Gasteiger partial charge in [-0.05, 0) is 12.3 Å². The lowest BCUT2D eigenvalue weighted by atomic mass is 10.1. The number of aryl methyl sites for hydroxylation is 2. The van der Waals surface area contributed by atoms with E-state index < -0.39 is 17.2 Å². The van der Waals surface area contributed by atoms with Crippen molar-refractivity contribution in [1.29, 1.82) is 0 Å². The molecule has 0 saturated heterocycles. The molecule has 264 valence electrons. The van der Waals surface area contributed by atoms with Gasteiger partial charge in [0.05, 0.1) is 78.6 Å². The third-order valence-corrected chi connectivity index (χ3v) is 6.53. The van der Waals surface area contributed by atoms with Gasteiger partial charge in [0.15, 0.2) is 11.2 Å².